The second-order valence-corrected chi connectivity index (χ2v) is 8.24. The summed E-state index contributed by atoms with van der Waals surface area (Å²) in [5, 5.41) is 1.47. The lowest BCUT2D eigenvalue weighted by Crippen LogP contribution is -2.20. The molecule has 0 radical (unpaired) electrons. The van der Waals surface area contributed by atoms with Crippen LogP contribution >= 0.6 is 7.49 Å². The fraction of sp³-hybridized carbons (Fsp3) is 0.625. The minimum Gasteiger partial charge on any atom is -0.233 e. The molecule has 0 unspecified atom stereocenters. The first-order valence-corrected chi connectivity index (χ1v) is 9.44. The van der Waals surface area contributed by atoms with Crippen LogP contribution < -0.4 is 5.30 Å². The maximum Gasteiger partial charge on any atom is 0.177 e. The molecule has 0 heterocycles. The van der Waals surface area contributed by atoms with Crippen molar-refractivity contribution in [2.24, 2.45) is 0 Å². The third kappa shape index (κ3) is 4.37. The number of rotatable bonds is 9. The average molecular weight is 267 g/mol. The first-order valence-electron chi connectivity index (χ1n) is 7.36. The molecule has 2 heteroatoms. The SMILES string of the molecule is CCCC[P+](CCCC)(OCC)c1ccccc1. The Hall–Kier alpha value is -0.390. The molecule has 0 fully saturated rings. The van der Waals surface area contributed by atoms with Gasteiger partial charge in [0.1, 0.15) is 5.30 Å². The normalized spacial score (nSPS) is 11.7. The predicted molar refractivity (Wildman–Crippen MR) is 84.2 cm³/mol. The van der Waals surface area contributed by atoms with Crippen LogP contribution in [0.1, 0.15) is 46.5 Å². The Morgan fingerprint density at radius 1 is 0.889 bits per heavy atom. The largest absolute Gasteiger partial charge is 0.233 e. The minimum absolute atomic E-state index is 0.843. The van der Waals surface area contributed by atoms with E-state index in [-0.39, 0.29) is 0 Å². The summed E-state index contributed by atoms with van der Waals surface area (Å²) in [6.07, 6.45) is 7.59. The molecule has 0 N–H and O–H groups in total. The van der Waals surface area contributed by atoms with Crippen LogP contribution in [0.4, 0.5) is 0 Å². The molecule has 0 aliphatic rings. The van der Waals surface area contributed by atoms with E-state index in [1.807, 2.05) is 0 Å². The molecule has 1 rings (SSSR count). The molecule has 0 bridgehead atoms. The van der Waals surface area contributed by atoms with Gasteiger partial charge in [0.15, 0.2) is 7.49 Å². The Labute approximate surface area is 113 Å². The molecule has 0 saturated carbocycles. The number of benzene rings is 1. The number of hydrogen-bond donors (Lipinski definition) is 0. The third-order valence-electron chi connectivity index (χ3n) is 3.35. The Morgan fingerprint density at radius 3 is 1.89 bits per heavy atom. The van der Waals surface area contributed by atoms with Crippen LogP contribution in [0.15, 0.2) is 30.3 Å². The van der Waals surface area contributed by atoms with Crippen LogP contribution in [-0.4, -0.2) is 18.9 Å². The summed E-state index contributed by atoms with van der Waals surface area (Å²) in [6, 6.07) is 11.0. The fourth-order valence-electron chi connectivity index (χ4n) is 2.35. The monoisotopic (exact) mass is 267 g/mol. The molecule has 0 amide bonds. The van der Waals surface area contributed by atoms with E-state index in [2.05, 4.69) is 51.1 Å². The van der Waals surface area contributed by atoms with Gasteiger partial charge in [0.05, 0.1) is 18.9 Å². The zero-order valence-corrected chi connectivity index (χ0v) is 13.1. The van der Waals surface area contributed by atoms with Crippen molar-refractivity contribution in [3.8, 4) is 0 Å². The molecule has 0 aromatic heterocycles. The molecule has 1 nitrogen and oxygen atoms in total. The van der Waals surface area contributed by atoms with Gasteiger partial charge in [0, 0.05) is 0 Å². The highest BCUT2D eigenvalue weighted by Gasteiger charge is 2.40. The lowest BCUT2D eigenvalue weighted by molar-refractivity contribution is 0.368. The molecule has 1 aromatic carbocycles. The van der Waals surface area contributed by atoms with Crippen LogP contribution in [0.25, 0.3) is 0 Å². The molecule has 18 heavy (non-hydrogen) atoms. The summed E-state index contributed by atoms with van der Waals surface area (Å²) >= 11 is 0. The van der Waals surface area contributed by atoms with Gasteiger partial charge in [-0.2, -0.15) is 0 Å². The Bertz CT molecular complexity index is 302. The topological polar surface area (TPSA) is 9.23 Å². The van der Waals surface area contributed by atoms with Gasteiger partial charge in [-0.1, -0.05) is 44.9 Å². The lowest BCUT2D eigenvalue weighted by atomic mass is 10.4. The van der Waals surface area contributed by atoms with Crippen molar-refractivity contribution in [1.29, 1.82) is 0 Å². The summed E-state index contributed by atoms with van der Waals surface area (Å²) in [5.74, 6) is 0. The van der Waals surface area contributed by atoms with Gasteiger partial charge < -0.3 is 0 Å². The molecule has 0 spiro atoms. The molecule has 0 aliphatic carbocycles. The van der Waals surface area contributed by atoms with E-state index in [0.29, 0.717) is 0 Å². The van der Waals surface area contributed by atoms with Crippen molar-refractivity contribution >= 4 is 12.8 Å². The van der Waals surface area contributed by atoms with Gasteiger partial charge in [-0.3, -0.25) is 0 Å². The Balaban J connectivity index is 2.94. The first kappa shape index (κ1) is 15.7. The van der Waals surface area contributed by atoms with E-state index in [9.17, 15) is 0 Å². The number of unbranched alkanes of at least 4 members (excludes halogenated alkanes) is 2. The summed E-state index contributed by atoms with van der Waals surface area (Å²) < 4.78 is 6.33. The van der Waals surface area contributed by atoms with Crippen LogP contribution in [-0.2, 0) is 4.52 Å². The van der Waals surface area contributed by atoms with E-state index in [4.69, 9.17) is 4.52 Å². The quantitative estimate of drug-likeness (QED) is 0.579. The van der Waals surface area contributed by atoms with Gasteiger partial charge >= 0.3 is 0 Å². The zero-order chi connectivity index (χ0) is 13.3. The molecular weight excluding hydrogens is 239 g/mol. The maximum atomic E-state index is 6.33. The fourth-order valence-corrected chi connectivity index (χ4v) is 6.36. The molecule has 0 saturated heterocycles. The Morgan fingerprint density at radius 2 is 1.44 bits per heavy atom. The van der Waals surface area contributed by atoms with Gasteiger partial charge in [-0.25, -0.2) is 4.52 Å². The molecule has 0 atom stereocenters. The molecule has 1 aromatic rings. The van der Waals surface area contributed by atoms with Crippen molar-refractivity contribution in [2.45, 2.75) is 46.5 Å². The highest BCUT2D eigenvalue weighted by molar-refractivity contribution is 7.78. The maximum absolute atomic E-state index is 6.33. The molecule has 0 aliphatic heterocycles. The summed E-state index contributed by atoms with van der Waals surface area (Å²) in [5.41, 5.74) is 0. The van der Waals surface area contributed by atoms with Crippen LogP contribution in [0.5, 0.6) is 0 Å². The van der Waals surface area contributed by atoms with Crippen molar-refractivity contribution in [3.63, 3.8) is 0 Å². The average Bonchev–Trinajstić information content (AvgIpc) is 2.43. The van der Waals surface area contributed by atoms with E-state index >= 15 is 0 Å². The third-order valence-corrected chi connectivity index (χ3v) is 7.42. The van der Waals surface area contributed by atoms with Crippen molar-refractivity contribution in [2.75, 3.05) is 18.9 Å². The molecular formula is C16H28OP+. The highest BCUT2D eigenvalue weighted by atomic mass is 31.2. The summed E-state index contributed by atoms with van der Waals surface area (Å²) in [7, 11) is -1.38. The van der Waals surface area contributed by atoms with Crippen LogP contribution in [0.2, 0.25) is 0 Å². The smallest absolute Gasteiger partial charge is 0.177 e. The van der Waals surface area contributed by atoms with Gasteiger partial charge in [-0.05, 0) is 31.9 Å². The summed E-state index contributed by atoms with van der Waals surface area (Å²) in [6.45, 7) is 7.52. The van der Waals surface area contributed by atoms with E-state index in [0.717, 1.165) is 6.61 Å². The zero-order valence-electron chi connectivity index (χ0n) is 12.2. The number of hydrogen-bond acceptors (Lipinski definition) is 1. The predicted octanol–water partition coefficient (Wildman–Crippen LogP) is 4.88. The Kier molecular flexibility index (Phi) is 7.54. The first-order chi connectivity index (χ1) is 8.79. The minimum atomic E-state index is -1.38. The second kappa shape index (κ2) is 8.67. The standard InChI is InChI=1S/C16H28OP/c1-4-7-14-18(17-6-3,15-8-5-2)16-12-10-9-11-13-16/h9-13H,4-8,14-15H2,1-3H3/q+1. The second-order valence-electron chi connectivity index (χ2n) is 4.80. The lowest BCUT2D eigenvalue weighted by Gasteiger charge is -2.25. The van der Waals surface area contributed by atoms with Crippen molar-refractivity contribution in [3.05, 3.63) is 30.3 Å². The molecule has 102 valence electrons. The van der Waals surface area contributed by atoms with E-state index < -0.39 is 7.49 Å². The highest BCUT2D eigenvalue weighted by Crippen LogP contribution is 2.59. The van der Waals surface area contributed by atoms with Crippen molar-refractivity contribution < 1.29 is 4.52 Å². The van der Waals surface area contributed by atoms with Gasteiger partial charge in [-0.15, -0.1) is 0 Å². The van der Waals surface area contributed by atoms with Gasteiger partial charge in [0.2, 0.25) is 0 Å². The van der Waals surface area contributed by atoms with E-state index in [1.165, 1.54) is 43.3 Å². The van der Waals surface area contributed by atoms with Crippen molar-refractivity contribution in [1.82, 2.24) is 0 Å². The van der Waals surface area contributed by atoms with Crippen LogP contribution in [0.3, 0.4) is 0 Å². The van der Waals surface area contributed by atoms with Gasteiger partial charge in [0.25, 0.3) is 0 Å². The van der Waals surface area contributed by atoms with Crippen LogP contribution in [0, 0.1) is 0 Å². The van der Waals surface area contributed by atoms with E-state index in [1.54, 1.807) is 0 Å². The summed E-state index contributed by atoms with van der Waals surface area (Å²) in [4.78, 5) is 0.